The molecule has 0 atom stereocenters. The molecule has 1 heterocycles. The quantitative estimate of drug-likeness (QED) is 0.330. The molecular weight excluding hydrogens is 228 g/mol. The van der Waals surface area contributed by atoms with Gasteiger partial charge < -0.3 is 15.9 Å². The number of thiocarbonyl (C=S) groups is 1. The third-order valence-electron chi connectivity index (χ3n) is 1.97. The van der Waals surface area contributed by atoms with E-state index in [1.165, 1.54) is 12.4 Å². The topological polar surface area (TPSA) is 104 Å². The second kappa shape index (κ2) is 5.38. The lowest BCUT2D eigenvalue weighted by molar-refractivity contribution is 0.279. The van der Waals surface area contributed by atoms with E-state index in [4.69, 9.17) is 10.8 Å². The molecule has 6 nitrogen and oxygen atoms in total. The zero-order chi connectivity index (χ0) is 12.1. The van der Waals surface area contributed by atoms with Gasteiger partial charge in [0.05, 0.1) is 12.8 Å². The fourth-order valence-electron chi connectivity index (χ4n) is 1.06. The first kappa shape index (κ1) is 12.3. The first-order chi connectivity index (χ1) is 7.56. The summed E-state index contributed by atoms with van der Waals surface area (Å²) in [7, 11) is 0. The van der Waals surface area contributed by atoms with Gasteiger partial charge >= 0.3 is 0 Å². The first-order valence-electron chi connectivity index (χ1n) is 4.43. The number of aliphatic hydroxyl groups is 1. The van der Waals surface area contributed by atoms with E-state index < -0.39 is 0 Å². The second-order valence-corrected chi connectivity index (χ2v) is 3.47. The van der Waals surface area contributed by atoms with Crippen LogP contribution in [0.1, 0.15) is 16.8 Å². The van der Waals surface area contributed by atoms with Crippen molar-refractivity contribution in [3.05, 3.63) is 23.0 Å². The number of aliphatic hydroxyl groups excluding tert-OH is 1. The highest BCUT2D eigenvalue weighted by Gasteiger charge is 2.07. The van der Waals surface area contributed by atoms with Crippen LogP contribution >= 0.6 is 12.2 Å². The summed E-state index contributed by atoms with van der Waals surface area (Å²) >= 11 is 4.55. The molecule has 1 aromatic rings. The summed E-state index contributed by atoms with van der Waals surface area (Å²) in [5, 5.41) is 22.4. The van der Waals surface area contributed by atoms with Gasteiger partial charge in [-0.1, -0.05) is 0 Å². The van der Waals surface area contributed by atoms with E-state index in [2.05, 4.69) is 27.7 Å². The number of hydrogen-bond acceptors (Lipinski definition) is 5. The van der Waals surface area contributed by atoms with Gasteiger partial charge in [0, 0.05) is 17.3 Å². The molecule has 0 aromatic carbocycles. The average molecular weight is 240 g/mol. The number of aromatic nitrogens is 1. The molecule has 0 amide bonds. The molecule has 0 aliphatic heterocycles. The molecule has 0 radical (unpaired) electrons. The Hall–Kier alpha value is -1.73. The lowest BCUT2D eigenvalue weighted by Gasteiger charge is -2.06. The molecule has 0 saturated heterocycles. The van der Waals surface area contributed by atoms with Crippen LogP contribution in [0.15, 0.2) is 11.3 Å². The van der Waals surface area contributed by atoms with Crippen molar-refractivity contribution in [2.45, 2.75) is 13.5 Å². The Morgan fingerprint density at radius 3 is 3.00 bits per heavy atom. The maximum atomic E-state index is 9.72. The number of nitrogens with zero attached hydrogens (tertiary/aromatic N) is 2. The molecule has 0 aliphatic carbocycles. The predicted molar refractivity (Wildman–Crippen MR) is 64.1 cm³/mol. The van der Waals surface area contributed by atoms with Gasteiger partial charge in [-0.05, 0) is 19.1 Å². The summed E-state index contributed by atoms with van der Waals surface area (Å²) in [6, 6.07) is 0. The zero-order valence-corrected chi connectivity index (χ0v) is 9.45. The van der Waals surface area contributed by atoms with Crippen LogP contribution in [-0.2, 0) is 6.61 Å². The Kier molecular flexibility index (Phi) is 4.15. The summed E-state index contributed by atoms with van der Waals surface area (Å²) in [6.07, 6.45) is 2.76. The smallest absolute Gasteiger partial charge is 0.184 e. The highest BCUT2D eigenvalue weighted by molar-refractivity contribution is 7.80. The molecule has 16 heavy (non-hydrogen) atoms. The van der Waals surface area contributed by atoms with E-state index >= 15 is 0 Å². The van der Waals surface area contributed by atoms with Gasteiger partial charge in [0.15, 0.2) is 5.11 Å². The van der Waals surface area contributed by atoms with Crippen LogP contribution in [0.4, 0.5) is 0 Å². The molecule has 7 heteroatoms. The minimum atomic E-state index is -0.172. The number of hydrazone groups is 1. The van der Waals surface area contributed by atoms with Crippen molar-refractivity contribution < 1.29 is 10.2 Å². The minimum absolute atomic E-state index is 0.0273. The van der Waals surface area contributed by atoms with Gasteiger partial charge in [0.1, 0.15) is 11.4 Å². The normalized spacial score (nSPS) is 10.6. The van der Waals surface area contributed by atoms with Crippen molar-refractivity contribution in [2.75, 3.05) is 0 Å². The summed E-state index contributed by atoms with van der Waals surface area (Å²) < 4.78 is 0. The SMILES string of the molecule is Cc1c(CO)cnc(/C=N/NC(N)=S)c1O. The average Bonchev–Trinajstić information content (AvgIpc) is 2.24. The molecule has 0 saturated carbocycles. The van der Waals surface area contributed by atoms with Gasteiger partial charge in [-0.15, -0.1) is 0 Å². The zero-order valence-electron chi connectivity index (χ0n) is 8.64. The number of rotatable bonds is 3. The fourth-order valence-corrected chi connectivity index (χ4v) is 1.11. The van der Waals surface area contributed by atoms with Crippen LogP contribution < -0.4 is 11.2 Å². The van der Waals surface area contributed by atoms with E-state index in [9.17, 15) is 5.11 Å². The predicted octanol–water partition coefficient (Wildman–Crippen LogP) is -0.245. The Bertz CT molecular complexity index is 434. The maximum Gasteiger partial charge on any atom is 0.184 e. The summed E-state index contributed by atoms with van der Waals surface area (Å²) in [5.74, 6) is -0.0277. The molecule has 86 valence electrons. The standard InChI is InChI=1S/C9H12N4O2S/c1-5-6(4-14)2-11-7(8(5)15)3-12-13-9(10)16/h2-3,14-15H,4H2,1H3,(H3,10,13,16)/b12-3+. The number of nitrogens with two attached hydrogens (primary N) is 1. The van der Waals surface area contributed by atoms with Crippen LogP contribution in [0.5, 0.6) is 5.75 Å². The molecule has 0 spiro atoms. The third kappa shape index (κ3) is 2.88. The number of aromatic hydroxyl groups is 1. The van der Waals surface area contributed by atoms with E-state index in [0.717, 1.165) is 0 Å². The number of nitrogens with one attached hydrogen (secondary N) is 1. The van der Waals surface area contributed by atoms with Gasteiger partial charge in [0.2, 0.25) is 0 Å². The van der Waals surface area contributed by atoms with E-state index in [-0.39, 0.29) is 23.2 Å². The van der Waals surface area contributed by atoms with E-state index in [1.54, 1.807) is 6.92 Å². The van der Waals surface area contributed by atoms with Crippen molar-refractivity contribution in [2.24, 2.45) is 10.8 Å². The summed E-state index contributed by atoms with van der Waals surface area (Å²) in [6.45, 7) is 1.51. The molecule has 1 aromatic heterocycles. The monoisotopic (exact) mass is 240 g/mol. The molecule has 0 fully saturated rings. The molecule has 0 aliphatic rings. The number of pyridine rings is 1. The molecule has 0 bridgehead atoms. The van der Waals surface area contributed by atoms with Gasteiger partial charge in [-0.3, -0.25) is 10.4 Å². The van der Waals surface area contributed by atoms with Crippen LogP contribution in [-0.4, -0.2) is 26.5 Å². The highest BCUT2D eigenvalue weighted by atomic mass is 32.1. The van der Waals surface area contributed by atoms with Crippen LogP contribution in [0.2, 0.25) is 0 Å². The Balaban J connectivity index is 2.94. The van der Waals surface area contributed by atoms with Gasteiger partial charge in [-0.25, -0.2) is 0 Å². The van der Waals surface area contributed by atoms with Crippen LogP contribution in [0, 0.1) is 6.92 Å². The van der Waals surface area contributed by atoms with Crippen molar-refractivity contribution in [3.63, 3.8) is 0 Å². The van der Waals surface area contributed by atoms with Crippen molar-refractivity contribution in [3.8, 4) is 5.75 Å². The summed E-state index contributed by atoms with van der Waals surface area (Å²) in [5.41, 5.74) is 8.92. The lowest BCUT2D eigenvalue weighted by Crippen LogP contribution is -2.24. The summed E-state index contributed by atoms with van der Waals surface area (Å²) in [4.78, 5) is 3.92. The van der Waals surface area contributed by atoms with Gasteiger partial charge in [-0.2, -0.15) is 5.10 Å². The van der Waals surface area contributed by atoms with Crippen molar-refractivity contribution >= 4 is 23.5 Å². The number of hydrogen-bond donors (Lipinski definition) is 4. The first-order valence-corrected chi connectivity index (χ1v) is 4.84. The van der Waals surface area contributed by atoms with Crippen LogP contribution in [0.3, 0.4) is 0 Å². The minimum Gasteiger partial charge on any atom is -0.505 e. The molecule has 1 rings (SSSR count). The van der Waals surface area contributed by atoms with Crippen molar-refractivity contribution in [1.29, 1.82) is 0 Å². The van der Waals surface area contributed by atoms with Gasteiger partial charge in [0.25, 0.3) is 0 Å². The van der Waals surface area contributed by atoms with Crippen LogP contribution in [0.25, 0.3) is 0 Å². The van der Waals surface area contributed by atoms with Crippen molar-refractivity contribution in [1.82, 2.24) is 10.4 Å². The fraction of sp³-hybridized carbons (Fsp3) is 0.222. The third-order valence-corrected chi connectivity index (χ3v) is 2.06. The van der Waals surface area contributed by atoms with E-state index in [0.29, 0.717) is 11.1 Å². The Morgan fingerprint density at radius 2 is 2.44 bits per heavy atom. The second-order valence-electron chi connectivity index (χ2n) is 3.03. The molecule has 5 N–H and O–H groups in total. The molecular formula is C9H12N4O2S. The Labute approximate surface area is 97.8 Å². The lowest BCUT2D eigenvalue weighted by atomic mass is 10.1. The maximum absolute atomic E-state index is 9.72. The highest BCUT2D eigenvalue weighted by Crippen LogP contribution is 2.21. The van der Waals surface area contributed by atoms with E-state index in [1.807, 2.05) is 0 Å². The largest absolute Gasteiger partial charge is 0.505 e. The Morgan fingerprint density at radius 1 is 1.75 bits per heavy atom. The molecule has 0 unspecified atom stereocenters.